The van der Waals surface area contributed by atoms with E-state index in [0.717, 1.165) is 23.3 Å². The number of halogens is 2. The molecule has 0 saturated carbocycles. The number of nitrogens with two attached hydrogens (primary N) is 1. The smallest absolute Gasteiger partial charge is 0.229 e. The summed E-state index contributed by atoms with van der Waals surface area (Å²) in [6.07, 6.45) is -0.384. The lowest BCUT2D eigenvalue weighted by molar-refractivity contribution is -0.115. The Morgan fingerprint density at radius 3 is 2.33 bits per heavy atom. The number of amides is 1. The van der Waals surface area contributed by atoms with Crippen LogP contribution in [0.4, 0.5) is 20.2 Å². The van der Waals surface area contributed by atoms with Gasteiger partial charge in [0.15, 0.2) is 0 Å². The van der Waals surface area contributed by atoms with Crippen molar-refractivity contribution in [1.82, 2.24) is 0 Å². The van der Waals surface area contributed by atoms with E-state index in [-0.39, 0.29) is 12.0 Å². The normalized spacial score (nSPS) is 10.5. The van der Waals surface area contributed by atoms with Crippen molar-refractivity contribution in [2.24, 2.45) is 0 Å². The Morgan fingerprint density at radius 2 is 1.71 bits per heavy atom. The summed E-state index contributed by atoms with van der Waals surface area (Å²) >= 11 is 0. The highest BCUT2D eigenvalue weighted by molar-refractivity contribution is 5.95. The first-order valence-electron chi connectivity index (χ1n) is 6.48. The van der Waals surface area contributed by atoms with E-state index in [0.29, 0.717) is 11.4 Å². The molecule has 2 aromatic carbocycles. The number of carbonyl (C=O) groups is 1. The van der Waals surface area contributed by atoms with Gasteiger partial charge in [0.1, 0.15) is 11.6 Å². The van der Waals surface area contributed by atoms with Gasteiger partial charge in [-0.1, -0.05) is 6.07 Å². The molecule has 0 aliphatic heterocycles. The molecule has 0 aliphatic rings. The van der Waals surface area contributed by atoms with Crippen LogP contribution in [0, 0.1) is 25.5 Å². The van der Waals surface area contributed by atoms with Crippen molar-refractivity contribution >= 4 is 17.3 Å². The molecule has 2 rings (SSSR count). The summed E-state index contributed by atoms with van der Waals surface area (Å²) in [7, 11) is 0. The minimum absolute atomic E-state index is 0.252. The van der Waals surface area contributed by atoms with Crippen LogP contribution >= 0.6 is 0 Å². The Morgan fingerprint density at radius 1 is 1.14 bits per heavy atom. The lowest BCUT2D eigenvalue weighted by Crippen LogP contribution is -2.17. The number of aryl methyl sites for hydroxylation is 2. The highest BCUT2D eigenvalue weighted by atomic mass is 19.1. The molecule has 0 unspecified atom stereocenters. The largest absolute Gasteiger partial charge is 0.397 e. The Kier molecular flexibility index (Phi) is 4.21. The van der Waals surface area contributed by atoms with Crippen LogP contribution in [-0.2, 0) is 11.2 Å². The molecule has 0 fully saturated rings. The van der Waals surface area contributed by atoms with Gasteiger partial charge in [0.25, 0.3) is 0 Å². The summed E-state index contributed by atoms with van der Waals surface area (Å²) in [5.74, 6) is -2.00. The fraction of sp³-hybridized carbons (Fsp3) is 0.188. The van der Waals surface area contributed by atoms with Crippen LogP contribution in [0.15, 0.2) is 30.3 Å². The molecular formula is C16H16F2N2O. The fourth-order valence-electron chi connectivity index (χ4n) is 2.00. The molecule has 0 heterocycles. The summed E-state index contributed by atoms with van der Waals surface area (Å²) in [6.45, 7) is 3.80. The first-order chi connectivity index (χ1) is 9.88. The Labute approximate surface area is 121 Å². The van der Waals surface area contributed by atoms with Crippen molar-refractivity contribution in [1.29, 1.82) is 0 Å². The molecule has 3 nitrogen and oxygen atoms in total. The maximum atomic E-state index is 13.5. The quantitative estimate of drug-likeness (QED) is 0.852. The van der Waals surface area contributed by atoms with Gasteiger partial charge >= 0.3 is 0 Å². The summed E-state index contributed by atoms with van der Waals surface area (Å²) in [6, 6.07) is 6.98. The molecule has 0 aromatic heterocycles. The van der Waals surface area contributed by atoms with Crippen molar-refractivity contribution in [2.75, 3.05) is 11.1 Å². The zero-order chi connectivity index (χ0) is 15.6. The molecule has 3 N–H and O–H groups in total. The molecular weight excluding hydrogens is 274 g/mol. The maximum Gasteiger partial charge on any atom is 0.229 e. The Hall–Kier alpha value is -2.43. The third kappa shape index (κ3) is 3.37. The fourth-order valence-corrected chi connectivity index (χ4v) is 2.00. The molecule has 0 aliphatic carbocycles. The minimum Gasteiger partial charge on any atom is -0.397 e. The van der Waals surface area contributed by atoms with E-state index >= 15 is 0 Å². The van der Waals surface area contributed by atoms with Gasteiger partial charge in [0.2, 0.25) is 5.91 Å². The van der Waals surface area contributed by atoms with Gasteiger partial charge in [0, 0.05) is 5.56 Å². The van der Waals surface area contributed by atoms with Gasteiger partial charge in [-0.05, 0) is 49.2 Å². The SMILES string of the molecule is Cc1cc(N)c(NC(=O)Cc2c(F)cccc2F)cc1C. The monoisotopic (exact) mass is 290 g/mol. The van der Waals surface area contributed by atoms with Gasteiger partial charge in [-0.3, -0.25) is 4.79 Å². The molecule has 0 atom stereocenters. The van der Waals surface area contributed by atoms with Crippen LogP contribution in [0.3, 0.4) is 0 Å². The third-order valence-corrected chi connectivity index (χ3v) is 3.34. The lowest BCUT2D eigenvalue weighted by Gasteiger charge is -2.11. The number of nitrogen functional groups attached to an aromatic ring is 1. The highest BCUT2D eigenvalue weighted by Crippen LogP contribution is 2.23. The average Bonchev–Trinajstić information content (AvgIpc) is 2.40. The van der Waals surface area contributed by atoms with Crippen LogP contribution in [0.2, 0.25) is 0 Å². The third-order valence-electron chi connectivity index (χ3n) is 3.34. The first-order valence-corrected chi connectivity index (χ1v) is 6.48. The average molecular weight is 290 g/mol. The second-order valence-electron chi connectivity index (χ2n) is 4.95. The molecule has 0 saturated heterocycles. The van der Waals surface area contributed by atoms with Gasteiger partial charge < -0.3 is 11.1 Å². The number of rotatable bonds is 3. The molecule has 0 spiro atoms. The van der Waals surface area contributed by atoms with Crippen LogP contribution in [0.25, 0.3) is 0 Å². The molecule has 21 heavy (non-hydrogen) atoms. The van der Waals surface area contributed by atoms with E-state index in [4.69, 9.17) is 5.73 Å². The number of anilines is 2. The Balaban J connectivity index is 2.18. The van der Waals surface area contributed by atoms with E-state index < -0.39 is 17.5 Å². The zero-order valence-electron chi connectivity index (χ0n) is 11.8. The van der Waals surface area contributed by atoms with Crippen molar-refractivity contribution in [3.8, 4) is 0 Å². The molecule has 2 aromatic rings. The second kappa shape index (κ2) is 5.91. The van der Waals surface area contributed by atoms with E-state index in [9.17, 15) is 13.6 Å². The number of hydrogen-bond acceptors (Lipinski definition) is 2. The predicted octanol–water partition coefficient (Wildman–Crippen LogP) is 3.35. The summed E-state index contributed by atoms with van der Waals surface area (Å²) in [5, 5.41) is 2.58. The van der Waals surface area contributed by atoms with Crippen molar-refractivity contribution in [3.63, 3.8) is 0 Å². The lowest BCUT2D eigenvalue weighted by atomic mass is 10.1. The summed E-state index contributed by atoms with van der Waals surface area (Å²) in [4.78, 5) is 11.9. The zero-order valence-corrected chi connectivity index (χ0v) is 11.8. The van der Waals surface area contributed by atoms with Crippen LogP contribution in [0.5, 0.6) is 0 Å². The molecule has 5 heteroatoms. The van der Waals surface area contributed by atoms with Crippen molar-refractivity contribution in [3.05, 3.63) is 58.7 Å². The van der Waals surface area contributed by atoms with E-state index in [1.54, 1.807) is 12.1 Å². The minimum atomic E-state index is -0.738. The molecule has 110 valence electrons. The van der Waals surface area contributed by atoms with Crippen LogP contribution in [0.1, 0.15) is 16.7 Å². The van der Waals surface area contributed by atoms with E-state index in [2.05, 4.69) is 5.32 Å². The Bertz CT molecular complexity index is 679. The number of hydrogen-bond donors (Lipinski definition) is 2. The topological polar surface area (TPSA) is 55.1 Å². The first kappa shape index (κ1) is 15.0. The van der Waals surface area contributed by atoms with Crippen molar-refractivity contribution in [2.45, 2.75) is 20.3 Å². The van der Waals surface area contributed by atoms with E-state index in [1.807, 2.05) is 13.8 Å². The number of carbonyl (C=O) groups excluding carboxylic acids is 1. The summed E-state index contributed by atoms with van der Waals surface area (Å²) in [5.41, 5.74) is 8.41. The predicted molar refractivity (Wildman–Crippen MR) is 79.0 cm³/mol. The van der Waals surface area contributed by atoms with Crippen LogP contribution < -0.4 is 11.1 Å². The standard InChI is InChI=1S/C16H16F2N2O/c1-9-6-14(19)15(7-10(9)2)20-16(21)8-11-12(17)4-3-5-13(11)18/h3-7H,8,19H2,1-2H3,(H,20,21). The highest BCUT2D eigenvalue weighted by Gasteiger charge is 2.14. The van der Waals surface area contributed by atoms with Gasteiger partial charge in [-0.15, -0.1) is 0 Å². The van der Waals surface area contributed by atoms with Gasteiger partial charge in [0.05, 0.1) is 17.8 Å². The summed E-state index contributed by atoms with van der Waals surface area (Å²) < 4.78 is 27.0. The van der Waals surface area contributed by atoms with Crippen molar-refractivity contribution < 1.29 is 13.6 Å². The maximum absolute atomic E-state index is 13.5. The molecule has 0 bridgehead atoms. The number of benzene rings is 2. The molecule has 0 radical (unpaired) electrons. The van der Waals surface area contributed by atoms with E-state index in [1.165, 1.54) is 6.07 Å². The second-order valence-corrected chi connectivity index (χ2v) is 4.95. The number of nitrogens with one attached hydrogen (secondary N) is 1. The van der Waals surface area contributed by atoms with Crippen LogP contribution in [-0.4, -0.2) is 5.91 Å². The van der Waals surface area contributed by atoms with Gasteiger partial charge in [-0.25, -0.2) is 8.78 Å². The molecule has 1 amide bonds. The van der Waals surface area contributed by atoms with Gasteiger partial charge in [-0.2, -0.15) is 0 Å².